The van der Waals surface area contributed by atoms with E-state index in [-0.39, 0.29) is 12.4 Å². The zero-order valence-electron chi connectivity index (χ0n) is 9.56. The average Bonchev–Trinajstić information content (AvgIpc) is 2.19. The molecule has 0 saturated carbocycles. The van der Waals surface area contributed by atoms with Crippen LogP contribution in [-0.4, -0.2) is 48.3 Å². The van der Waals surface area contributed by atoms with Crippen LogP contribution in [0.1, 0.15) is 6.42 Å². The van der Waals surface area contributed by atoms with E-state index in [1.165, 1.54) is 23.4 Å². The summed E-state index contributed by atoms with van der Waals surface area (Å²) in [5, 5.41) is 6.04. The summed E-state index contributed by atoms with van der Waals surface area (Å²) in [6.45, 7) is 0.804. The number of oxime groups is 1. The van der Waals surface area contributed by atoms with Crippen molar-refractivity contribution in [1.82, 2.24) is 5.06 Å². The molecule has 15 heavy (non-hydrogen) atoms. The van der Waals surface area contributed by atoms with Crippen molar-refractivity contribution >= 4 is 39.9 Å². The number of nitrogens with zero attached hydrogens (tertiary/aromatic N) is 2. The van der Waals surface area contributed by atoms with Gasteiger partial charge in [-0.3, -0.25) is 4.84 Å². The van der Waals surface area contributed by atoms with Gasteiger partial charge in [-0.1, -0.05) is 11.2 Å². The van der Waals surface area contributed by atoms with E-state index in [1.54, 1.807) is 19.3 Å². The van der Waals surface area contributed by atoms with Crippen LogP contribution in [0.2, 0.25) is 6.04 Å². The Hall–Kier alpha value is 0.0469. The summed E-state index contributed by atoms with van der Waals surface area (Å²) in [6.07, 6.45) is 1.09. The van der Waals surface area contributed by atoms with Gasteiger partial charge in [0.25, 0.3) is 5.17 Å². The molecular weight excluding hydrogens is 256 g/mol. The van der Waals surface area contributed by atoms with Gasteiger partial charge in [0.2, 0.25) is 0 Å². The fourth-order valence-corrected chi connectivity index (χ4v) is 1.64. The van der Waals surface area contributed by atoms with E-state index in [0.717, 1.165) is 25.0 Å². The Balaban J connectivity index is 0. The monoisotopic (exact) mass is 274 g/mol. The van der Waals surface area contributed by atoms with Crippen LogP contribution >= 0.6 is 24.4 Å². The highest BCUT2D eigenvalue weighted by Gasteiger charge is 2.12. The van der Waals surface area contributed by atoms with Crippen LogP contribution in [0, 0.1) is 0 Å². The topological polar surface area (TPSA) is 43.3 Å². The lowest BCUT2D eigenvalue weighted by Crippen LogP contribution is -2.29. The Kier molecular flexibility index (Phi) is 14.1. The Labute approximate surface area is 104 Å². The van der Waals surface area contributed by atoms with Crippen LogP contribution in [0.3, 0.4) is 0 Å². The van der Waals surface area contributed by atoms with Gasteiger partial charge in [-0.2, -0.15) is 0 Å². The van der Waals surface area contributed by atoms with Gasteiger partial charge in [0.15, 0.2) is 0 Å². The van der Waals surface area contributed by atoms with Crippen LogP contribution in [0.4, 0.5) is 0 Å². The van der Waals surface area contributed by atoms with Crippen molar-refractivity contribution in [3.05, 3.63) is 0 Å². The van der Waals surface area contributed by atoms with E-state index >= 15 is 0 Å². The van der Waals surface area contributed by atoms with E-state index in [0.29, 0.717) is 5.17 Å². The number of rotatable bonds is 6. The normalized spacial score (nSPS) is 11.0. The second-order valence-corrected chi connectivity index (χ2v) is 4.31. The molecule has 0 rings (SSSR count). The number of hydrogen-bond acceptors (Lipinski definition) is 5. The van der Waals surface area contributed by atoms with Crippen molar-refractivity contribution in [3.63, 3.8) is 0 Å². The molecule has 0 aromatic carbocycles. The standard InChI is InChI=1S/C7H18N2O3SSi.ClH/c1-10-8-7(13-12-3)9(11-2)5-4-6-14;/h4-6H2,1-3,14H3;1H. The van der Waals surface area contributed by atoms with E-state index in [4.69, 9.17) is 13.9 Å². The zero-order chi connectivity index (χ0) is 10.8. The molecule has 0 aliphatic heterocycles. The van der Waals surface area contributed by atoms with Crippen molar-refractivity contribution in [3.8, 4) is 0 Å². The first kappa shape index (κ1) is 17.4. The first-order valence-electron chi connectivity index (χ1n) is 4.43. The summed E-state index contributed by atoms with van der Waals surface area (Å²) in [4.78, 5) is 9.85. The molecule has 0 N–H and O–H groups in total. The second-order valence-electron chi connectivity index (χ2n) is 2.44. The third-order valence-corrected chi connectivity index (χ3v) is 2.78. The number of halogens is 1. The third kappa shape index (κ3) is 7.92. The molecule has 8 heteroatoms. The minimum absolute atomic E-state index is 0. The van der Waals surface area contributed by atoms with Gasteiger partial charge in [0, 0.05) is 16.8 Å². The predicted molar refractivity (Wildman–Crippen MR) is 69.4 cm³/mol. The van der Waals surface area contributed by atoms with Crippen LogP contribution in [0.5, 0.6) is 0 Å². The maximum atomic E-state index is 5.16. The van der Waals surface area contributed by atoms with Crippen molar-refractivity contribution in [2.45, 2.75) is 12.5 Å². The quantitative estimate of drug-likeness (QED) is 0.234. The molecule has 0 aromatic rings. The largest absolute Gasteiger partial charge is 0.397 e. The van der Waals surface area contributed by atoms with Crippen molar-refractivity contribution in [2.75, 3.05) is 27.9 Å². The summed E-state index contributed by atoms with van der Waals surface area (Å²) in [5.74, 6) is 0. The van der Waals surface area contributed by atoms with Gasteiger partial charge in [-0.05, 0) is 6.42 Å². The van der Waals surface area contributed by atoms with E-state index in [9.17, 15) is 0 Å². The van der Waals surface area contributed by atoms with Gasteiger partial charge in [0.1, 0.15) is 7.11 Å². The summed E-state index contributed by atoms with van der Waals surface area (Å²) in [5.41, 5.74) is 0. The zero-order valence-corrected chi connectivity index (χ0v) is 13.2. The first-order valence-corrected chi connectivity index (χ1v) is 6.59. The fraction of sp³-hybridized carbons (Fsp3) is 0.857. The first-order chi connectivity index (χ1) is 6.79. The van der Waals surface area contributed by atoms with E-state index < -0.39 is 0 Å². The molecular formula is C7H19ClN2O3SSi. The Bertz CT molecular complexity index is 176. The number of hydroxylamine groups is 2. The lowest BCUT2D eigenvalue weighted by Gasteiger charge is -2.20. The van der Waals surface area contributed by atoms with Crippen LogP contribution in [0.15, 0.2) is 5.16 Å². The molecule has 0 spiro atoms. The van der Waals surface area contributed by atoms with Gasteiger partial charge in [-0.15, -0.1) is 12.4 Å². The van der Waals surface area contributed by atoms with Crippen LogP contribution in [0.25, 0.3) is 0 Å². The summed E-state index contributed by atoms with van der Waals surface area (Å²) in [7, 11) is 5.89. The van der Waals surface area contributed by atoms with Crippen molar-refractivity contribution in [1.29, 1.82) is 0 Å². The van der Waals surface area contributed by atoms with Crippen molar-refractivity contribution in [2.24, 2.45) is 5.16 Å². The Morgan fingerprint density at radius 2 is 2.07 bits per heavy atom. The maximum Gasteiger partial charge on any atom is 0.253 e. The molecule has 0 aliphatic rings. The third-order valence-electron chi connectivity index (χ3n) is 1.48. The molecule has 0 unspecified atom stereocenters. The molecule has 0 saturated heterocycles. The Morgan fingerprint density at radius 1 is 1.40 bits per heavy atom. The van der Waals surface area contributed by atoms with Gasteiger partial charge in [-0.25, -0.2) is 5.06 Å². The minimum atomic E-state index is 0. The smallest absolute Gasteiger partial charge is 0.253 e. The number of hydrogen-bond donors (Lipinski definition) is 0. The maximum absolute atomic E-state index is 5.16. The van der Waals surface area contributed by atoms with Crippen LogP contribution < -0.4 is 0 Å². The average molecular weight is 275 g/mol. The fourth-order valence-electron chi connectivity index (χ4n) is 0.822. The molecule has 0 amide bonds. The molecule has 0 bridgehead atoms. The SMILES string of the molecule is CON=C(SOC)N(CCC[SiH3])OC.Cl. The lowest BCUT2D eigenvalue weighted by molar-refractivity contribution is -0.0640. The van der Waals surface area contributed by atoms with Crippen LogP contribution in [-0.2, 0) is 13.9 Å². The second kappa shape index (κ2) is 12.1. The molecule has 0 heterocycles. The lowest BCUT2D eigenvalue weighted by atomic mass is 10.5. The molecule has 0 radical (unpaired) electrons. The molecule has 0 aliphatic carbocycles. The highest BCUT2D eigenvalue weighted by atomic mass is 35.5. The molecule has 0 aromatic heterocycles. The van der Waals surface area contributed by atoms with Crippen molar-refractivity contribution < 1.29 is 13.9 Å². The highest BCUT2D eigenvalue weighted by molar-refractivity contribution is 8.09. The highest BCUT2D eigenvalue weighted by Crippen LogP contribution is 2.10. The summed E-state index contributed by atoms with van der Waals surface area (Å²) >= 11 is 1.12. The predicted octanol–water partition coefficient (Wildman–Crippen LogP) is 0.657. The van der Waals surface area contributed by atoms with E-state index in [1.807, 2.05) is 0 Å². The summed E-state index contributed by atoms with van der Waals surface area (Å²) < 4.78 is 4.91. The minimum Gasteiger partial charge on any atom is -0.397 e. The van der Waals surface area contributed by atoms with Gasteiger partial charge in [0.05, 0.1) is 26.3 Å². The molecule has 0 fully saturated rings. The molecule has 0 atom stereocenters. The van der Waals surface area contributed by atoms with Gasteiger partial charge >= 0.3 is 0 Å². The molecule has 5 nitrogen and oxygen atoms in total. The Morgan fingerprint density at radius 3 is 2.47 bits per heavy atom. The summed E-state index contributed by atoms with van der Waals surface area (Å²) in [6, 6.07) is 1.23. The van der Waals surface area contributed by atoms with Gasteiger partial charge < -0.3 is 9.02 Å². The molecule has 92 valence electrons. The van der Waals surface area contributed by atoms with E-state index in [2.05, 4.69) is 5.16 Å². The number of amidine groups is 1.